The Morgan fingerprint density at radius 3 is 2.66 bits per heavy atom. The first-order valence-corrected chi connectivity index (χ1v) is 8.85. The van der Waals surface area contributed by atoms with Gasteiger partial charge >= 0.3 is 5.97 Å². The second-order valence-corrected chi connectivity index (χ2v) is 6.52. The van der Waals surface area contributed by atoms with E-state index in [2.05, 4.69) is 21.0 Å². The SMILES string of the molecule is N#Cc1ccc2ncc(/C=C/c3cc(C(=O)O)nc(-c4ccc(Cl)cc4)n3)n2c1. The monoisotopic (exact) mass is 401 g/mol. The van der Waals surface area contributed by atoms with E-state index in [0.717, 1.165) is 5.69 Å². The topological polar surface area (TPSA) is 104 Å². The van der Waals surface area contributed by atoms with Crippen LogP contribution in [0, 0.1) is 11.3 Å². The molecule has 29 heavy (non-hydrogen) atoms. The van der Waals surface area contributed by atoms with Crippen molar-refractivity contribution in [3.8, 4) is 17.5 Å². The lowest BCUT2D eigenvalue weighted by Gasteiger charge is -2.04. The molecule has 0 aliphatic rings. The summed E-state index contributed by atoms with van der Waals surface area (Å²) in [7, 11) is 0. The van der Waals surface area contributed by atoms with Crippen molar-refractivity contribution >= 4 is 35.4 Å². The van der Waals surface area contributed by atoms with E-state index >= 15 is 0 Å². The highest BCUT2D eigenvalue weighted by Gasteiger charge is 2.11. The predicted molar refractivity (Wildman–Crippen MR) is 108 cm³/mol. The number of hydrogen-bond acceptors (Lipinski definition) is 5. The zero-order valence-corrected chi connectivity index (χ0v) is 15.6. The third-order valence-corrected chi connectivity index (χ3v) is 4.41. The molecule has 1 aromatic carbocycles. The van der Waals surface area contributed by atoms with Gasteiger partial charge in [-0.3, -0.25) is 4.40 Å². The summed E-state index contributed by atoms with van der Waals surface area (Å²) < 4.78 is 1.77. The molecule has 0 amide bonds. The van der Waals surface area contributed by atoms with E-state index in [4.69, 9.17) is 16.9 Å². The molecule has 140 valence electrons. The maximum absolute atomic E-state index is 11.5. The third kappa shape index (κ3) is 3.83. The smallest absolute Gasteiger partial charge is 0.354 e. The molecular formula is C21H12ClN5O2. The Morgan fingerprint density at radius 2 is 1.93 bits per heavy atom. The van der Waals surface area contributed by atoms with E-state index in [0.29, 0.717) is 27.5 Å². The molecule has 0 spiro atoms. The lowest BCUT2D eigenvalue weighted by Crippen LogP contribution is -2.04. The fourth-order valence-corrected chi connectivity index (χ4v) is 2.87. The Hall–Kier alpha value is -4.02. The van der Waals surface area contributed by atoms with Crippen molar-refractivity contribution in [1.29, 1.82) is 5.26 Å². The molecule has 0 saturated carbocycles. The molecule has 0 fully saturated rings. The van der Waals surface area contributed by atoms with E-state index in [9.17, 15) is 9.90 Å². The van der Waals surface area contributed by atoms with E-state index < -0.39 is 5.97 Å². The summed E-state index contributed by atoms with van der Waals surface area (Å²) >= 11 is 5.91. The molecule has 0 atom stereocenters. The van der Waals surface area contributed by atoms with Crippen LogP contribution in [-0.4, -0.2) is 30.4 Å². The summed E-state index contributed by atoms with van der Waals surface area (Å²) in [4.78, 5) is 24.3. The minimum absolute atomic E-state index is 0.116. The summed E-state index contributed by atoms with van der Waals surface area (Å²) in [5.41, 5.74) is 2.88. The van der Waals surface area contributed by atoms with Gasteiger partial charge < -0.3 is 5.11 Å². The first-order valence-electron chi connectivity index (χ1n) is 8.47. The van der Waals surface area contributed by atoms with Gasteiger partial charge in [0.05, 0.1) is 23.1 Å². The van der Waals surface area contributed by atoms with Gasteiger partial charge in [0.2, 0.25) is 0 Å². The van der Waals surface area contributed by atoms with E-state index in [1.54, 1.807) is 65.3 Å². The molecule has 0 aliphatic heterocycles. The zero-order valence-electron chi connectivity index (χ0n) is 14.8. The first-order chi connectivity index (χ1) is 14.0. The molecule has 0 bridgehead atoms. The Kier molecular flexibility index (Phi) is 4.77. The molecular weight excluding hydrogens is 390 g/mol. The Bertz CT molecular complexity index is 1300. The number of aromatic nitrogens is 4. The molecule has 0 radical (unpaired) electrons. The molecule has 1 N–H and O–H groups in total. The van der Waals surface area contributed by atoms with Crippen molar-refractivity contribution < 1.29 is 9.90 Å². The van der Waals surface area contributed by atoms with Gasteiger partial charge in [-0.2, -0.15) is 5.26 Å². The second kappa shape index (κ2) is 7.54. The van der Waals surface area contributed by atoms with E-state index in [1.807, 2.05) is 0 Å². The molecule has 0 unspecified atom stereocenters. The van der Waals surface area contributed by atoms with Gasteiger partial charge in [0.1, 0.15) is 11.7 Å². The van der Waals surface area contributed by atoms with Crippen LogP contribution in [0.4, 0.5) is 0 Å². The van der Waals surface area contributed by atoms with Gasteiger partial charge in [-0.05, 0) is 54.6 Å². The van der Waals surface area contributed by atoms with Crippen LogP contribution in [-0.2, 0) is 0 Å². The minimum atomic E-state index is -1.15. The maximum Gasteiger partial charge on any atom is 0.354 e. The van der Waals surface area contributed by atoms with Crippen molar-refractivity contribution in [2.45, 2.75) is 0 Å². The molecule has 3 heterocycles. The van der Waals surface area contributed by atoms with Crippen LogP contribution in [0.1, 0.15) is 27.4 Å². The Morgan fingerprint density at radius 1 is 1.14 bits per heavy atom. The standard InChI is InChI=1S/C21H12ClN5O2/c22-15-4-2-14(3-5-15)20-25-16(9-18(26-20)21(28)29)6-7-17-11-24-19-8-1-13(10-23)12-27(17)19/h1-9,11-12H,(H,28,29)/b7-6+. The number of carboxylic acids is 1. The summed E-state index contributed by atoms with van der Waals surface area (Å²) in [6, 6.07) is 13.8. The van der Waals surface area contributed by atoms with Gasteiger partial charge in [-0.1, -0.05) is 11.6 Å². The van der Waals surface area contributed by atoms with Crippen LogP contribution in [0.15, 0.2) is 54.9 Å². The second-order valence-electron chi connectivity index (χ2n) is 6.09. The summed E-state index contributed by atoms with van der Waals surface area (Å²) in [5, 5.41) is 19.0. The maximum atomic E-state index is 11.5. The number of benzene rings is 1. The van der Waals surface area contributed by atoms with Gasteiger partial charge in [0.25, 0.3) is 0 Å². The van der Waals surface area contributed by atoms with E-state index in [1.165, 1.54) is 6.07 Å². The summed E-state index contributed by atoms with van der Waals surface area (Å²) in [6.07, 6.45) is 6.77. The average molecular weight is 402 g/mol. The first kappa shape index (κ1) is 18.3. The zero-order chi connectivity index (χ0) is 20.4. The number of nitriles is 1. The Balaban J connectivity index is 1.76. The molecule has 0 aliphatic carbocycles. The fraction of sp³-hybridized carbons (Fsp3) is 0. The molecule has 7 nitrogen and oxygen atoms in total. The van der Waals surface area contributed by atoms with E-state index in [-0.39, 0.29) is 11.5 Å². The quantitative estimate of drug-likeness (QED) is 0.550. The van der Waals surface area contributed by atoms with Gasteiger partial charge in [-0.25, -0.2) is 19.7 Å². The highest BCUT2D eigenvalue weighted by atomic mass is 35.5. The van der Waals surface area contributed by atoms with Crippen molar-refractivity contribution in [2.24, 2.45) is 0 Å². The number of fused-ring (bicyclic) bond motifs is 1. The number of aromatic carboxylic acids is 1. The highest BCUT2D eigenvalue weighted by molar-refractivity contribution is 6.30. The highest BCUT2D eigenvalue weighted by Crippen LogP contribution is 2.20. The number of halogens is 1. The van der Waals surface area contributed by atoms with Crippen LogP contribution in [0.3, 0.4) is 0 Å². The largest absolute Gasteiger partial charge is 0.477 e. The average Bonchev–Trinajstić information content (AvgIpc) is 3.14. The van der Waals surface area contributed by atoms with Crippen molar-refractivity contribution in [3.05, 3.63) is 82.5 Å². The van der Waals surface area contributed by atoms with Gasteiger partial charge in [0, 0.05) is 16.8 Å². The molecule has 4 rings (SSSR count). The number of pyridine rings is 1. The normalized spacial score (nSPS) is 11.0. The molecule has 3 aromatic heterocycles. The molecule has 8 heteroatoms. The number of rotatable bonds is 4. The number of imidazole rings is 1. The molecule has 0 saturated heterocycles. The predicted octanol–water partition coefficient (Wildman–Crippen LogP) is 4.18. The number of hydrogen-bond donors (Lipinski definition) is 1. The van der Waals surface area contributed by atoms with Crippen LogP contribution in [0.5, 0.6) is 0 Å². The van der Waals surface area contributed by atoms with Crippen molar-refractivity contribution in [1.82, 2.24) is 19.4 Å². The van der Waals surface area contributed by atoms with Crippen LogP contribution >= 0.6 is 11.6 Å². The van der Waals surface area contributed by atoms with Crippen LogP contribution in [0.2, 0.25) is 5.02 Å². The molecule has 4 aromatic rings. The van der Waals surface area contributed by atoms with Crippen LogP contribution in [0.25, 0.3) is 29.2 Å². The van der Waals surface area contributed by atoms with Crippen molar-refractivity contribution in [2.75, 3.05) is 0 Å². The van der Waals surface area contributed by atoms with Crippen molar-refractivity contribution in [3.63, 3.8) is 0 Å². The fourth-order valence-electron chi connectivity index (χ4n) is 2.75. The lowest BCUT2D eigenvalue weighted by atomic mass is 10.2. The number of carboxylic acid groups (broad SMARTS) is 1. The Labute approximate surface area is 170 Å². The number of nitrogens with zero attached hydrogens (tertiary/aromatic N) is 5. The number of carbonyl (C=O) groups is 1. The lowest BCUT2D eigenvalue weighted by molar-refractivity contribution is 0.0690. The summed E-state index contributed by atoms with van der Waals surface area (Å²) in [6.45, 7) is 0. The minimum Gasteiger partial charge on any atom is -0.477 e. The van der Waals surface area contributed by atoms with Gasteiger partial charge in [0.15, 0.2) is 11.5 Å². The third-order valence-electron chi connectivity index (χ3n) is 4.16. The van der Waals surface area contributed by atoms with Gasteiger partial charge in [-0.15, -0.1) is 0 Å². The summed E-state index contributed by atoms with van der Waals surface area (Å²) in [5.74, 6) is -0.864. The van der Waals surface area contributed by atoms with Crippen LogP contribution < -0.4 is 0 Å².